The van der Waals surface area contributed by atoms with Crippen molar-refractivity contribution in [2.45, 2.75) is 32.0 Å². The van der Waals surface area contributed by atoms with Crippen LogP contribution in [-0.4, -0.2) is 89.4 Å². The van der Waals surface area contributed by atoms with Crippen LogP contribution in [0.1, 0.15) is 86.1 Å². The van der Waals surface area contributed by atoms with E-state index in [-0.39, 0.29) is 105 Å². The van der Waals surface area contributed by atoms with E-state index in [0.717, 1.165) is 30.6 Å². The van der Waals surface area contributed by atoms with Crippen LogP contribution < -0.4 is 43.4 Å². The largest absolute Gasteiger partial charge is 0.341 e. The molecule has 0 fully saturated rings. The lowest BCUT2D eigenvalue weighted by atomic mass is 9.97. The quantitative estimate of drug-likeness (QED) is 0.0324. The first-order chi connectivity index (χ1) is 43.7. The van der Waals surface area contributed by atoms with Crippen molar-refractivity contribution in [2.75, 3.05) is 33.2 Å². The predicted octanol–water partition coefficient (Wildman–Crippen LogP) is 9.94. The van der Waals surface area contributed by atoms with Crippen molar-refractivity contribution in [1.82, 2.24) is 50.1 Å². The molecule has 4 heterocycles. The number of rotatable bonds is 19. The third-order valence-corrected chi connectivity index (χ3v) is 19.0. The number of nitrogens with one attached hydrogen (secondary N) is 4. The minimum atomic E-state index is -3.54. The first kappa shape index (κ1) is 80.3. The highest BCUT2D eigenvalue weighted by Gasteiger charge is 2.28. The maximum atomic E-state index is 14.8. The SMILES string of the molecule is CCOP(C)(=O)c1ccc([C@H](N)c2ccc(F)cc2F)cc1.CCOP(C)(=O)c1ccc([C@H](NC(=O)c2cnc(-n3cccn3)[nH]c2=O)c2ccc(F)cc2F)cc1.CP(=O)(O)c1ccc([C@H](NC(=O)c2cnc(-n3cccn3)[nH]c2=O)c2ccc(F)cc2F)cc1.Cl.S.S.S. The van der Waals surface area contributed by atoms with Crippen molar-refractivity contribution >= 4 is 103 Å². The number of carbonyl (C=O) groups is 2. The summed E-state index contributed by atoms with van der Waals surface area (Å²) in [5.41, 5.74) is 5.39. The van der Waals surface area contributed by atoms with Gasteiger partial charge in [0.2, 0.25) is 34.0 Å². The summed E-state index contributed by atoms with van der Waals surface area (Å²) >= 11 is 0. The van der Waals surface area contributed by atoms with Gasteiger partial charge in [0, 0.05) is 108 Å². The van der Waals surface area contributed by atoms with Gasteiger partial charge in [0.25, 0.3) is 22.9 Å². The number of hydrogen-bond donors (Lipinski definition) is 6. The smallest absolute Gasteiger partial charge is 0.265 e. The first-order valence-corrected chi connectivity index (χ1v) is 33.9. The molecule has 510 valence electrons. The molecule has 0 aliphatic carbocycles. The highest BCUT2D eigenvalue weighted by atomic mass is 35.5. The fourth-order valence-electron chi connectivity index (χ4n) is 9.09. The van der Waals surface area contributed by atoms with Crippen LogP contribution in [-0.2, 0) is 22.7 Å². The fourth-order valence-corrected chi connectivity index (χ4v) is 12.5. The Hall–Kier alpha value is -8.11. The van der Waals surface area contributed by atoms with Crippen LogP contribution in [0.25, 0.3) is 11.9 Å². The molecule has 0 saturated heterocycles. The third-order valence-electron chi connectivity index (χ3n) is 13.8. The Balaban J connectivity index is 0.000000308. The Morgan fingerprint density at radius 2 is 0.875 bits per heavy atom. The van der Waals surface area contributed by atoms with Gasteiger partial charge in [0.1, 0.15) is 46.0 Å². The highest BCUT2D eigenvalue weighted by Crippen LogP contribution is 2.42. The molecule has 0 saturated carbocycles. The van der Waals surface area contributed by atoms with Crippen LogP contribution in [0.4, 0.5) is 26.3 Å². The Labute approximate surface area is 572 Å². The van der Waals surface area contributed by atoms with Crippen molar-refractivity contribution in [3.63, 3.8) is 0 Å². The Morgan fingerprint density at radius 3 is 1.18 bits per heavy atom. The van der Waals surface area contributed by atoms with Gasteiger partial charge in [0.15, 0.2) is 0 Å². The molecule has 34 heteroatoms. The molecule has 21 nitrogen and oxygen atoms in total. The molecule has 0 spiro atoms. The number of aromatic nitrogens is 8. The summed E-state index contributed by atoms with van der Waals surface area (Å²) in [6.45, 7) is 8.32. The molecule has 0 bridgehead atoms. The number of nitrogens with zero attached hydrogens (tertiary/aromatic N) is 6. The van der Waals surface area contributed by atoms with Crippen LogP contribution in [0.5, 0.6) is 0 Å². The highest BCUT2D eigenvalue weighted by molar-refractivity contribution is 7.66. The third kappa shape index (κ3) is 20.2. The number of benzene rings is 6. The Morgan fingerprint density at radius 1 is 0.542 bits per heavy atom. The fraction of sp³-hybridized carbons (Fsp3) is 0.161. The summed E-state index contributed by atoms with van der Waals surface area (Å²) in [5, 5.41) is 14.3. The van der Waals surface area contributed by atoms with E-state index in [1.807, 2.05) is 0 Å². The summed E-state index contributed by atoms with van der Waals surface area (Å²) in [7, 11) is -9.45. The van der Waals surface area contributed by atoms with Crippen molar-refractivity contribution in [2.24, 2.45) is 5.73 Å². The molecule has 0 aliphatic rings. The van der Waals surface area contributed by atoms with Gasteiger partial charge >= 0.3 is 0 Å². The van der Waals surface area contributed by atoms with E-state index in [2.05, 4.69) is 40.8 Å². The number of aromatic amines is 2. The minimum Gasteiger partial charge on any atom is -0.341 e. The Bertz CT molecular complexity index is 4550. The van der Waals surface area contributed by atoms with Crippen LogP contribution in [0.3, 0.4) is 0 Å². The second kappa shape index (κ2) is 35.2. The monoisotopic (exact) mass is 1460 g/mol. The predicted molar refractivity (Wildman–Crippen MR) is 370 cm³/mol. The van der Waals surface area contributed by atoms with E-state index in [1.165, 1.54) is 83.6 Å². The zero-order valence-corrected chi connectivity index (χ0v) is 57.8. The van der Waals surface area contributed by atoms with Crippen molar-refractivity contribution in [1.29, 1.82) is 0 Å². The maximum Gasteiger partial charge on any atom is 0.265 e. The number of halogens is 7. The van der Waals surface area contributed by atoms with E-state index in [0.29, 0.717) is 46.0 Å². The molecule has 7 N–H and O–H groups in total. The van der Waals surface area contributed by atoms with Crippen molar-refractivity contribution < 1.29 is 63.6 Å². The second-order valence-electron chi connectivity index (χ2n) is 20.3. The first-order valence-electron chi connectivity index (χ1n) is 27.6. The lowest BCUT2D eigenvalue weighted by molar-refractivity contribution is 0.0932. The van der Waals surface area contributed by atoms with Crippen molar-refractivity contribution in [3.05, 3.63) is 277 Å². The summed E-state index contributed by atoms with van der Waals surface area (Å²) < 4.78 is 133. The molecule has 2 amide bonds. The van der Waals surface area contributed by atoms with Gasteiger partial charge in [-0.15, -0.1) is 12.4 Å². The van der Waals surface area contributed by atoms with E-state index in [4.69, 9.17) is 14.8 Å². The van der Waals surface area contributed by atoms with Gasteiger partial charge in [-0.3, -0.25) is 42.8 Å². The van der Waals surface area contributed by atoms with Crippen LogP contribution >= 0.6 is 75.0 Å². The zero-order chi connectivity index (χ0) is 66.7. The van der Waals surface area contributed by atoms with Gasteiger partial charge in [-0.05, 0) is 97.3 Å². The summed E-state index contributed by atoms with van der Waals surface area (Å²) in [4.78, 5) is 73.9. The van der Waals surface area contributed by atoms with E-state index >= 15 is 0 Å². The summed E-state index contributed by atoms with van der Waals surface area (Å²) in [6.07, 6.45) is 8.25. The topological polar surface area (TPSA) is 301 Å². The van der Waals surface area contributed by atoms with Gasteiger partial charge < -0.3 is 30.3 Å². The van der Waals surface area contributed by atoms with E-state index < -0.39 is 98.1 Å². The average Bonchev–Trinajstić information content (AvgIpc) is 0.973. The number of amides is 2. The van der Waals surface area contributed by atoms with Crippen LogP contribution in [0.15, 0.2) is 186 Å². The van der Waals surface area contributed by atoms with Gasteiger partial charge in [0.05, 0.1) is 31.3 Å². The molecule has 0 radical (unpaired) electrons. The van der Waals surface area contributed by atoms with Gasteiger partial charge in [-0.25, -0.2) is 45.7 Å². The molecule has 10 rings (SSSR count). The molecular formula is C62H65ClF6N11O10P3S3. The summed E-state index contributed by atoms with van der Waals surface area (Å²) in [5.74, 6) is -6.21. The lowest BCUT2D eigenvalue weighted by Crippen LogP contribution is -2.34. The molecule has 6 aromatic carbocycles. The molecule has 3 unspecified atom stereocenters. The number of H-pyrrole nitrogens is 2. The molecule has 96 heavy (non-hydrogen) atoms. The van der Waals surface area contributed by atoms with Gasteiger partial charge in [-0.1, -0.05) is 54.6 Å². The average molecular weight is 1460 g/mol. The second-order valence-corrected chi connectivity index (χ2v) is 27.5. The molecule has 6 atom stereocenters. The number of carbonyl (C=O) groups excluding carboxylic acids is 2. The maximum absolute atomic E-state index is 14.8. The molecular weight excluding hydrogens is 1400 g/mol. The van der Waals surface area contributed by atoms with Crippen molar-refractivity contribution in [3.8, 4) is 11.9 Å². The lowest BCUT2D eigenvalue weighted by Gasteiger charge is -2.21. The normalized spacial score (nSPS) is 13.5. The molecule has 4 aromatic heterocycles. The Kier molecular flexibility index (Phi) is 29.5. The molecule has 10 aromatic rings. The zero-order valence-electron chi connectivity index (χ0n) is 51.3. The summed E-state index contributed by atoms with van der Waals surface area (Å²) in [6, 6.07) is 28.0. The van der Waals surface area contributed by atoms with Gasteiger partial charge in [-0.2, -0.15) is 50.7 Å². The molecule has 0 aliphatic heterocycles. The van der Waals surface area contributed by atoms with E-state index in [1.54, 1.807) is 93.6 Å². The van der Waals surface area contributed by atoms with Crippen LogP contribution in [0, 0.1) is 34.9 Å². The standard InChI is InChI=1S/C24H22F2N5O4P.C22H18F2N5O4P.C16H18F2NO2P.ClH.3H2S/c1-3-35-36(2,34)17-8-5-15(6-9-17)21(18-10-7-16(25)13-20(18)26)29-22(32)19-14-27-24(30-23(19)33)31-12-4-11-28-31;1-34(32,33)15-6-3-13(4-7-15)19(16-8-5-14(23)11-18(16)24)27-20(30)17-12-25-22(28-21(17)31)29-10-2-9-26-29;1-3-21-22(2,20)13-7-4-11(5-8-13)16(19)14-9-6-12(17)10-15(14)18;;;;/h4-14,21H,3H2,1-2H3,(H,29,32)(H,27,30,33);2-12,19H,1H3,(H,27,30)(H,32,33)(H,25,28,31);4-10,16H,3,19H2,1-2H3;1H;3*1H2/t21-,36?;19-;16-,22?;;;;/m000..../s1. The number of hydrogen-bond acceptors (Lipinski definition) is 14. The van der Waals surface area contributed by atoms with E-state index in [9.17, 15) is 64.1 Å². The number of nitrogens with two attached hydrogens (primary N) is 1. The minimum absolute atomic E-state index is 0. The van der Waals surface area contributed by atoms with Crippen LogP contribution in [0.2, 0.25) is 0 Å².